The molecular formula is C28H23ClIN3O7. The van der Waals surface area contributed by atoms with Gasteiger partial charge < -0.3 is 19.5 Å². The van der Waals surface area contributed by atoms with Gasteiger partial charge in [-0.1, -0.05) is 11.6 Å². The average Bonchev–Trinajstić information content (AvgIpc) is 2.92. The summed E-state index contributed by atoms with van der Waals surface area (Å²) < 4.78 is 17.1. The molecule has 3 aromatic rings. The van der Waals surface area contributed by atoms with Crippen LogP contribution in [0.1, 0.15) is 12.5 Å². The number of anilines is 2. The van der Waals surface area contributed by atoms with Crippen LogP contribution in [0, 0.1) is 3.57 Å². The molecule has 4 rings (SSSR count). The number of amides is 5. The van der Waals surface area contributed by atoms with Gasteiger partial charge in [0, 0.05) is 10.7 Å². The Balaban J connectivity index is 1.54. The molecule has 1 aliphatic rings. The smallest absolute Gasteiger partial charge is 0.335 e. The number of ether oxygens (including phenoxy) is 3. The molecule has 0 radical (unpaired) electrons. The maximum absolute atomic E-state index is 13.2. The van der Waals surface area contributed by atoms with Crippen molar-refractivity contribution < 1.29 is 33.4 Å². The third kappa shape index (κ3) is 6.72. The van der Waals surface area contributed by atoms with E-state index in [1.54, 1.807) is 60.7 Å². The molecular weight excluding hydrogens is 653 g/mol. The van der Waals surface area contributed by atoms with Gasteiger partial charge in [0.15, 0.2) is 18.1 Å². The highest BCUT2D eigenvalue weighted by Crippen LogP contribution is 2.35. The molecule has 0 aliphatic carbocycles. The first kappa shape index (κ1) is 28.9. The number of urea groups is 1. The lowest BCUT2D eigenvalue weighted by molar-refractivity contribution is -0.122. The zero-order chi connectivity index (χ0) is 28.8. The summed E-state index contributed by atoms with van der Waals surface area (Å²) in [7, 11) is 1.42. The molecule has 206 valence electrons. The lowest BCUT2D eigenvalue weighted by Gasteiger charge is -2.26. The van der Waals surface area contributed by atoms with Gasteiger partial charge in [0.1, 0.15) is 11.3 Å². The average molecular weight is 676 g/mol. The molecule has 1 saturated heterocycles. The number of benzene rings is 3. The van der Waals surface area contributed by atoms with Crippen molar-refractivity contribution in [1.82, 2.24) is 5.32 Å². The van der Waals surface area contributed by atoms with Gasteiger partial charge in [-0.05, 0) is 102 Å². The van der Waals surface area contributed by atoms with Crippen LogP contribution in [-0.2, 0) is 14.4 Å². The van der Waals surface area contributed by atoms with Crippen LogP contribution in [0.4, 0.5) is 16.2 Å². The van der Waals surface area contributed by atoms with Crippen molar-refractivity contribution in [2.45, 2.75) is 6.92 Å². The fourth-order valence-corrected chi connectivity index (χ4v) is 4.65. The molecule has 1 aliphatic heterocycles. The normalized spacial score (nSPS) is 14.2. The lowest BCUT2D eigenvalue weighted by atomic mass is 10.1. The molecule has 5 amide bonds. The number of hydrogen-bond acceptors (Lipinski definition) is 7. The van der Waals surface area contributed by atoms with Crippen LogP contribution in [-0.4, -0.2) is 44.1 Å². The Kier molecular flexibility index (Phi) is 9.27. The van der Waals surface area contributed by atoms with Crippen molar-refractivity contribution in [3.05, 3.63) is 80.4 Å². The lowest BCUT2D eigenvalue weighted by Crippen LogP contribution is -2.54. The van der Waals surface area contributed by atoms with E-state index in [0.717, 1.165) is 4.90 Å². The summed E-state index contributed by atoms with van der Waals surface area (Å²) >= 11 is 7.87. The Morgan fingerprint density at radius 3 is 2.40 bits per heavy atom. The monoisotopic (exact) mass is 675 g/mol. The predicted molar refractivity (Wildman–Crippen MR) is 158 cm³/mol. The van der Waals surface area contributed by atoms with E-state index >= 15 is 0 Å². The second-order valence-corrected chi connectivity index (χ2v) is 9.86. The van der Waals surface area contributed by atoms with Crippen LogP contribution < -0.4 is 29.7 Å². The van der Waals surface area contributed by atoms with Gasteiger partial charge in [0.2, 0.25) is 0 Å². The van der Waals surface area contributed by atoms with Crippen molar-refractivity contribution in [1.29, 1.82) is 0 Å². The third-order valence-electron chi connectivity index (χ3n) is 5.55. The van der Waals surface area contributed by atoms with Crippen LogP contribution >= 0.6 is 34.2 Å². The van der Waals surface area contributed by atoms with E-state index in [-0.39, 0.29) is 23.6 Å². The predicted octanol–water partition coefficient (Wildman–Crippen LogP) is 5.04. The maximum Gasteiger partial charge on any atom is 0.335 e. The van der Waals surface area contributed by atoms with Crippen LogP contribution in [0.2, 0.25) is 5.02 Å². The Bertz CT molecular complexity index is 1490. The number of carbonyl (C=O) groups excluding carboxylic acids is 4. The molecule has 0 aromatic heterocycles. The SMILES string of the molecule is CCOc1ccc(N2C(=O)NC(=O)/C(=C\c3cc(I)c(OCC(=O)Nc4ccc(Cl)cc4)c(OC)c3)C2=O)cc1. The van der Waals surface area contributed by atoms with Crippen molar-refractivity contribution in [2.24, 2.45) is 0 Å². The minimum absolute atomic E-state index is 0.248. The van der Waals surface area contributed by atoms with Crippen LogP contribution in [0.25, 0.3) is 6.08 Å². The Morgan fingerprint density at radius 1 is 1.05 bits per heavy atom. The first-order chi connectivity index (χ1) is 19.2. The molecule has 40 heavy (non-hydrogen) atoms. The number of nitrogens with zero attached hydrogens (tertiary/aromatic N) is 1. The zero-order valence-electron chi connectivity index (χ0n) is 21.3. The summed E-state index contributed by atoms with van der Waals surface area (Å²) in [4.78, 5) is 51.6. The highest BCUT2D eigenvalue weighted by Gasteiger charge is 2.37. The summed E-state index contributed by atoms with van der Waals surface area (Å²) in [6.45, 7) is 2.01. The van der Waals surface area contributed by atoms with E-state index < -0.39 is 23.8 Å². The minimum atomic E-state index is -0.857. The van der Waals surface area contributed by atoms with E-state index in [4.69, 9.17) is 25.8 Å². The van der Waals surface area contributed by atoms with Gasteiger partial charge in [0.05, 0.1) is 23.0 Å². The van der Waals surface area contributed by atoms with Gasteiger partial charge in [-0.2, -0.15) is 0 Å². The molecule has 0 atom stereocenters. The fraction of sp³-hybridized carbons (Fsp3) is 0.143. The summed E-state index contributed by atoms with van der Waals surface area (Å²) in [5, 5.41) is 5.45. The quantitative estimate of drug-likeness (QED) is 0.185. The molecule has 0 bridgehead atoms. The number of halogens is 2. The van der Waals surface area contributed by atoms with E-state index in [2.05, 4.69) is 10.6 Å². The van der Waals surface area contributed by atoms with Crippen LogP contribution in [0.5, 0.6) is 17.2 Å². The number of rotatable bonds is 9. The summed E-state index contributed by atoms with van der Waals surface area (Å²) in [6, 6.07) is 15.4. The van der Waals surface area contributed by atoms with Crippen LogP contribution in [0.3, 0.4) is 0 Å². The molecule has 0 spiro atoms. The van der Waals surface area contributed by atoms with E-state index in [1.165, 1.54) is 13.2 Å². The van der Waals surface area contributed by atoms with Crippen molar-refractivity contribution in [3.63, 3.8) is 0 Å². The number of methoxy groups -OCH3 is 1. The Morgan fingerprint density at radius 2 is 1.75 bits per heavy atom. The van der Waals surface area contributed by atoms with Crippen molar-refractivity contribution >= 4 is 75.4 Å². The second-order valence-electron chi connectivity index (χ2n) is 8.26. The number of carbonyl (C=O) groups is 4. The number of nitrogens with one attached hydrogen (secondary N) is 2. The van der Waals surface area contributed by atoms with E-state index in [9.17, 15) is 19.2 Å². The standard InChI is InChI=1S/C28H23ClIN3O7/c1-3-39-20-10-8-19(9-11-20)33-27(36)21(26(35)32-28(33)37)12-16-13-22(30)25(23(14-16)38-2)40-15-24(34)31-18-6-4-17(29)5-7-18/h4-14H,3,15H2,1-2H3,(H,31,34)(H,32,35,37)/b21-12+. The first-order valence-electron chi connectivity index (χ1n) is 11.9. The number of imide groups is 2. The van der Waals surface area contributed by atoms with E-state index in [0.29, 0.717) is 37.9 Å². The van der Waals surface area contributed by atoms with E-state index in [1.807, 2.05) is 29.5 Å². The molecule has 1 heterocycles. The zero-order valence-corrected chi connectivity index (χ0v) is 24.2. The van der Waals surface area contributed by atoms with Gasteiger partial charge in [-0.25, -0.2) is 9.69 Å². The number of hydrogen-bond donors (Lipinski definition) is 2. The third-order valence-corrected chi connectivity index (χ3v) is 6.60. The molecule has 0 saturated carbocycles. The molecule has 10 nitrogen and oxygen atoms in total. The van der Waals surface area contributed by atoms with Crippen LogP contribution in [0.15, 0.2) is 66.2 Å². The topological polar surface area (TPSA) is 123 Å². The summed E-state index contributed by atoms with van der Waals surface area (Å²) in [6.07, 6.45) is 1.35. The van der Waals surface area contributed by atoms with Gasteiger partial charge in [-0.3, -0.25) is 19.7 Å². The Labute approximate surface area is 248 Å². The van der Waals surface area contributed by atoms with Crippen molar-refractivity contribution in [2.75, 3.05) is 30.5 Å². The molecule has 2 N–H and O–H groups in total. The summed E-state index contributed by atoms with van der Waals surface area (Å²) in [5.41, 5.74) is 1.04. The van der Waals surface area contributed by atoms with Gasteiger partial charge in [0.25, 0.3) is 17.7 Å². The summed E-state index contributed by atoms with van der Waals surface area (Å²) in [5.74, 6) is -0.844. The highest BCUT2D eigenvalue weighted by atomic mass is 127. The van der Waals surface area contributed by atoms with Gasteiger partial charge >= 0.3 is 6.03 Å². The van der Waals surface area contributed by atoms with Gasteiger partial charge in [-0.15, -0.1) is 0 Å². The largest absolute Gasteiger partial charge is 0.494 e. The second kappa shape index (κ2) is 12.8. The molecule has 12 heteroatoms. The molecule has 0 unspecified atom stereocenters. The Hall–Kier alpha value is -4.10. The maximum atomic E-state index is 13.2. The fourth-order valence-electron chi connectivity index (χ4n) is 3.75. The highest BCUT2D eigenvalue weighted by molar-refractivity contribution is 14.1. The molecule has 1 fully saturated rings. The van der Waals surface area contributed by atoms with Crippen molar-refractivity contribution in [3.8, 4) is 17.2 Å². The molecule has 3 aromatic carbocycles. The number of barbiturate groups is 1. The minimum Gasteiger partial charge on any atom is -0.494 e. The first-order valence-corrected chi connectivity index (χ1v) is 13.4.